The standard InChI is InChI=1S/C22H24ClN3O5S/c1-12-14-15(32-16(12)22(8-9-22)18(27)29-5)17(25-19(23)24-14)26(11-13-7-6-10-30-13)20(28)31-21(2,3)4/h6-7,10H,8-9,11H2,1-5H3. The van der Waals surface area contributed by atoms with Gasteiger partial charge in [-0.3, -0.25) is 9.69 Å². The number of anilines is 1. The van der Waals surface area contributed by atoms with Gasteiger partial charge in [-0.25, -0.2) is 9.78 Å². The van der Waals surface area contributed by atoms with Gasteiger partial charge in [-0.2, -0.15) is 4.98 Å². The third-order valence-corrected chi connectivity index (χ3v) is 6.89. The quantitative estimate of drug-likeness (QED) is 0.359. The predicted octanol–water partition coefficient (Wildman–Crippen LogP) is 5.39. The highest BCUT2D eigenvalue weighted by molar-refractivity contribution is 7.20. The highest BCUT2D eigenvalue weighted by Crippen LogP contribution is 2.55. The number of carbonyl (C=O) groups excluding carboxylic acids is 2. The third-order valence-electron chi connectivity index (χ3n) is 5.24. The van der Waals surface area contributed by atoms with Crippen LogP contribution in [0.5, 0.6) is 0 Å². The van der Waals surface area contributed by atoms with Crippen molar-refractivity contribution in [2.45, 2.75) is 58.1 Å². The average molecular weight is 478 g/mol. The molecule has 1 aliphatic rings. The van der Waals surface area contributed by atoms with Crippen molar-refractivity contribution in [1.82, 2.24) is 9.97 Å². The number of furan rings is 1. The number of aromatic nitrogens is 2. The van der Waals surface area contributed by atoms with Crippen LogP contribution in [0.4, 0.5) is 10.6 Å². The maximum atomic E-state index is 13.2. The summed E-state index contributed by atoms with van der Waals surface area (Å²) in [6, 6.07) is 3.50. The second-order valence-corrected chi connectivity index (χ2v) is 10.1. The van der Waals surface area contributed by atoms with Gasteiger partial charge in [0.15, 0.2) is 5.82 Å². The maximum Gasteiger partial charge on any atom is 0.416 e. The van der Waals surface area contributed by atoms with Crippen LogP contribution in [0.2, 0.25) is 5.28 Å². The Bertz CT molecular complexity index is 1180. The van der Waals surface area contributed by atoms with E-state index in [1.54, 1.807) is 32.9 Å². The highest BCUT2D eigenvalue weighted by Gasteiger charge is 2.55. The van der Waals surface area contributed by atoms with Gasteiger partial charge in [-0.1, -0.05) is 0 Å². The van der Waals surface area contributed by atoms with Crippen molar-refractivity contribution in [3.63, 3.8) is 0 Å². The van der Waals surface area contributed by atoms with Crippen LogP contribution in [0.25, 0.3) is 10.2 Å². The van der Waals surface area contributed by atoms with E-state index in [1.807, 2.05) is 6.92 Å². The van der Waals surface area contributed by atoms with E-state index >= 15 is 0 Å². The van der Waals surface area contributed by atoms with Gasteiger partial charge in [0.05, 0.1) is 30.1 Å². The number of ether oxygens (including phenoxy) is 2. The molecule has 0 aliphatic heterocycles. The first-order valence-electron chi connectivity index (χ1n) is 10.1. The Morgan fingerprint density at radius 1 is 1.31 bits per heavy atom. The summed E-state index contributed by atoms with van der Waals surface area (Å²) in [7, 11) is 1.39. The van der Waals surface area contributed by atoms with E-state index in [0.29, 0.717) is 34.6 Å². The molecule has 0 radical (unpaired) electrons. The van der Waals surface area contributed by atoms with Crippen molar-refractivity contribution in [3.8, 4) is 0 Å². The summed E-state index contributed by atoms with van der Waals surface area (Å²) in [6.07, 6.45) is 2.34. The molecule has 1 saturated carbocycles. The van der Waals surface area contributed by atoms with E-state index in [2.05, 4.69) is 9.97 Å². The summed E-state index contributed by atoms with van der Waals surface area (Å²) < 4.78 is 16.8. The van der Waals surface area contributed by atoms with Gasteiger partial charge in [0.2, 0.25) is 5.28 Å². The first kappa shape index (κ1) is 22.5. The number of thiophene rings is 1. The number of amides is 1. The molecule has 0 bridgehead atoms. The van der Waals surface area contributed by atoms with Crippen LogP contribution >= 0.6 is 22.9 Å². The van der Waals surface area contributed by atoms with Gasteiger partial charge in [-0.15, -0.1) is 11.3 Å². The summed E-state index contributed by atoms with van der Waals surface area (Å²) >= 11 is 7.66. The molecule has 1 amide bonds. The number of esters is 1. The van der Waals surface area contributed by atoms with Gasteiger partial charge in [0, 0.05) is 4.88 Å². The number of hydrogen-bond donors (Lipinski definition) is 0. The zero-order valence-corrected chi connectivity index (χ0v) is 20.1. The summed E-state index contributed by atoms with van der Waals surface area (Å²) in [5, 5.41) is -0.00383. The van der Waals surface area contributed by atoms with Crippen molar-refractivity contribution in [2.24, 2.45) is 0 Å². The molecule has 3 heterocycles. The van der Waals surface area contributed by atoms with Crippen molar-refractivity contribution in [2.75, 3.05) is 12.0 Å². The lowest BCUT2D eigenvalue weighted by Crippen LogP contribution is -2.37. The Morgan fingerprint density at radius 2 is 2.03 bits per heavy atom. The lowest BCUT2D eigenvalue weighted by atomic mass is 10.0. The predicted molar refractivity (Wildman–Crippen MR) is 121 cm³/mol. The molecule has 0 spiro atoms. The van der Waals surface area contributed by atoms with Crippen LogP contribution in [0, 0.1) is 6.92 Å². The number of rotatable bonds is 5. The molecular formula is C22H24ClN3O5S. The topological polar surface area (TPSA) is 94.8 Å². The van der Waals surface area contributed by atoms with Crippen LogP contribution in [-0.2, 0) is 26.2 Å². The van der Waals surface area contributed by atoms with E-state index in [9.17, 15) is 9.59 Å². The van der Waals surface area contributed by atoms with Gasteiger partial charge in [0.1, 0.15) is 16.8 Å². The van der Waals surface area contributed by atoms with E-state index in [-0.39, 0.29) is 17.8 Å². The van der Waals surface area contributed by atoms with Crippen LogP contribution in [0.15, 0.2) is 22.8 Å². The van der Waals surface area contributed by atoms with Crippen molar-refractivity contribution in [3.05, 3.63) is 39.9 Å². The number of methoxy groups -OCH3 is 1. The van der Waals surface area contributed by atoms with Crippen molar-refractivity contribution in [1.29, 1.82) is 0 Å². The first-order valence-corrected chi connectivity index (χ1v) is 11.3. The third kappa shape index (κ3) is 4.06. The van der Waals surface area contributed by atoms with Crippen molar-refractivity contribution >= 4 is 51.0 Å². The van der Waals surface area contributed by atoms with Crippen LogP contribution in [0.3, 0.4) is 0 Å². The maximum absolute atomic E-state index is 13.2. The fraction of sp³-hybridized carbons (Fsp3) is 0.455. The second kappa shape index (κ2) is 8.04. The van der Waals surface area contributed by atoms with Crippen LogP contribution in [0.1, 0.15) is 49.8 Å². The zero-order chi connectivity index (χ0) is 23.3. The van der Waals surface area contributed by atoms with Gasteiger partial charge < -0.3 is 13.9 Å². The van der Waals surface area contributed by atoms with E-state index in [1.165, 1.54) is 29.6 Å². The lowest BCUT2D eigenvalue weighted by Gasteiger charge is -2.26. The Morgan fingerprint density at radius 3 is 2.59 bits per heavy atom. The summed E-state index contributed by atoms with van der Waals surface area (Å²) in [6.45, 7) is 7.37. The molecule has 1 aliphatic carbocycles. The number of carbonyl (C=O) groups is 2. The summed E-state index contributed by atoms with van der Waals surface area (Å²) in [4.78, 5) is 36.7. The van der Waals surface area contributed by atoms with Crippen LogP contribution in [-0.4, -0.2) is 34.7 Å². The average Bonchev–Trinajstić information content (AvgIpc) is 3.22. The largest absolute Gasteiger partial charge is 0.468 e. The van der Waals surface area contributed by atoms with Gasteiger partial charge >= 0.3 is 12.1 Å². The number of hydrogen-bond acceptors (Lipinski definition) is 8. The molecule has 8 nitrogen and oxygen atoms in total. The molecule has 0 N–H and O–H groups in total. The fourth-order valence-corrected chi connectivity index (χ4v) is 5.28. The Hall–Kier alpha value is -2.65. The lowest BCUT2D eigenvalue weighted by molar-refractivity contribution is -0.143. The molecule has 3 aromatic rings. The fourth-order valence-electron chi connectivity index (χ4n) is 3.63. The van der Waals surface area contributed by atoms with Gasteiger partial charge in [0.25, 0.3) is 0 Å². The molecule has 1 fully saturated rings. The Labute approximate surface area is 194 Å². The monoisotopic (exact) mass is 477 g/mol. The zero-order valence-electron chi connectivity index (χ0n) is 18.5. The first-order chi connectivity index (χ1) is 15.1. The number of fused-ring (bicyclic) bond motifs is 1. The SMILES string of the molecule is COC(=O)C1(c2sc3c(N(Cc4ccco4)C(=O)OC(C)(C)C)nc(Cl)nc3c2C)CC1. The summed E-state index contributed by atoms with van der Waals surface area (Å²) in [5.41, 5.74) is 0.0448. The molecule has 0 saturated heterocycles. The molecular weight excluding hydrogens is 454 g/mol. The number of halogens is 1. The molecule has 0 aromatic carbocycles. The van der Waals surface area contributed by atoms with E-state index in [0.717, 1.165) is 10.4 Å². The number of nitrogens with zero attached hydrogens (tertiary/aromatic N) is 3. The second-order valence-electron chi connectivity index (χ2n) is 8.77. The van der Waals surface area contributed by atoms with Crippen molar-refractivity contribution < 1.29 is 23.5 Å². The molecule has 4 rings (SSSR count). The normalized spacial score (nSPS) is 14.9. The minimum atomic E-state index is -0.714. The van der Waals surface area contributed by atoms with E-state index < -0.39 is 17.1 Å². The smallest absolute Gasteiger partial charge is 0.416 e. The summed E-state index contributed by atoms with van der Waals surface area (Å²) in [5.74, 6) is 0.596. The Kier molecular flexibility index (Phi) is 5.67. The molecule has 0 atom stereocenters. The van der Waals surface area contributed by atoms with Gasteiger partial charge in [-0.05, 0) is 69.8 Å². The minimum absolute atomic E-state index is 0.00383. The molecule has 3 aromatic heterocycles. The number of aryl methyl sites for hydroxylation is 1. The molecule has 32 heavy (non-hydrogen) atoms. The molecule has 170 valence electrons. The minimum Gasteiger partial charge on any atom is -0.468 e. The van der Waals surface area contributed by atoms with Crippen LogP contribution < -0.4 is 4.90 Å². The Balaban J connectivity index is 1.87. The van der Waals surface area contributed by atoms with E-state index in [4.69, 9.17) is 25.5 Å². The molecule has 0 unspecified atom stereocenters. The molecule has 10 heteroatoms. The highest BCUT2D eigenvalue weighted by atomic mass is 35.5.